The molecule has 2 aromatic rings. The van der Waals surface area contributed by atoms with Crippen LogP contribution in [0.5, 0.6) is 0 Å². The molecule has 3 aliphatic rings. The Morgan fingerprint density at radius 3 is 1.34 bits per heavy atom. The van der Waals surface area contributed by atoms with Gasteiger partial charge in [0.05, 0.1) is 62.6 Å². The Morgan fingerprint density at radius 2 is 1.11 bits per heavy atom. The monoisotopic (exact) mass is 798 g/mol. The van der Waals surface area contributed by atoms with Gasteiger partial charge in [0.25, 0.3) is 19.2 Å². The second kappa shape index (κ2) is 19.1. The average Bonchev–Trinajstić information content (AvgIpc) is 2.89. The van der Waals surface area contributed by atoms with E-state index in [9.17, 15) is 16.8 Å². The predicted molar refractivity (Wildman–Crippen MR) is 166 cm³/mol. The Hall–Kier alpha value is -0.0126. The molecule has 246 valence electrons. The van der Waals surface area contributed by atoms with E-state index in [1.54, 1.807) is 36.4 Å². The van der Waals surface area contributed by atoms with Gasteiger partial charge >= 0.3 is 18.9 Å². The van der Waals surface area contributed by atoms with Crippen LogP contribution in [-0.4, -0.2) is 80.1 Å². The van der Waals surface area contributed by atoms with Crippen LogP contribution in [0.1, 0.15) is 31.9 Å². The van der Waals surface area contributed by atoms with Crippen LogP contribution < -0.4 is 35.8 Å². The van der Waals surface area contributed by atoms with Gasteiger partial charge in [-0.15, -0.1) is 0 Å². The molecule has 0 saturated carbocycles. The second-order valence-electron chi connectivity index (χ2n) is 12.0. The van der Waals surface area contributed by atoms with Crippen molar-refractivity contribution in [3.05, 3.63) is 59.7 Å². The van der Waals surface area contributed by atoms with Gasteiger partial charge in [0.1, 0.15) is 0 Å². The van der Waals surface area contributed by atoms with Crippen molar-refractivity contribution in [3.63, 3.8) is 0 Å². The molecule has 3 fully saturated rings. The summed E-state index contributed by atoms with van der Waals surface area (Å²) in [6, 6.07) is 13.0. The van der Waals surface area contributed by atoms with E-state index < -0.39 is 19.2 Å². The van der Waals surface area contributed by atoms with Crippen molar-refractivity contribution >= 4 is 45.8 Å². The Balaban J connectivity index is 0.000000593. The van der Waals surface area contributed by atoms with Gasteiger partial charge in [0.2, 0.25) is 0 Å². The summed E-state index contributed by atoms with van der Waals surface area (Å²) in [6.45, 7) is 14.8. The minimum Gasteiger partial charge on any atom is -1.00 e. The minimum absolute atomic E-state index is 0. The molecule has 5 rings (SSSR count). The van der Waals surface area contributed by atoms with Gasteiger partial charge in [0, 0.05) is 32.3 Å². The first-order chi connectivity index (χ1) is 19.4. The van der Waals surface area contributed by atoms with Gasteiger partial charge in [-0.3, -0.25) is 4.18 Å². The number of aliphatic hydroxyl groups is 1. The van der Waals surface area contributed by atoms with E-state index in [0.29, 0.717) is 18.6 Å². The molecule has 0 atom stereocenters. The first-order valence-electron chi connectivity index (χ1n) is 13.3. The summed E-state index contributed by atoms with van der Waals surface area (Å²) in [5.74, 6) is 0. The number of hydrogen-bond donors (Lipinski definition) is 1. The van der Waals surface area contributed by atoms with E-state index in [-0.39, 0.29) is 69.7 Å². The Bertz CT molecular complexity index is 1300. The number of alkyl halides is 1. The zero-order chi connectivity index (χ0) is 31.7. The van der Waals surface area contributed by atoms with Crippen molar-refractivity contribution in [2.75, 3.05) is 58.2 Å². The van der Waals surface area contributed by atoms with Gasteiger partial charge in [0.15, 0.2) is 0 Å². The van der Waals surface area contributed by atoms with Crippen LogP contribution in [0.3, 0.4) is 0 Å². The first kappa shape index (κ1) is 44.0. The Kier molecular flexibility index (Phi) is 19.1. The largest absolute Gasteiger partial charge is 1.00 e. The van der Waals surface area contributed by atoms with E-state index >= 15 is 0 Å². The average molecular weight is 801 g/mol. The van der Waals surface area contributed by atoms with Crippen molar-refractivity contribution in [1.82, 2.24) is 0 Å². The summed E-state index contributed by atoms with van der Waals surface area (Å²) in [4.78, 5) is 0.344. The number of aliphatic hydroxyl groups excluding tert-OH is 1. The number of rotatable bonds is 7. The molecule has 0 unspecified atom stereocenters. The molecule has 44 heavy (non-hydrogen) atoms. The van der Waals surface area contributed by atoms with E-state index in [1.165, 1.54) is 12.1 Å². The molecule has 0 aliphatic carbocycles. The molecule has 2 aromatic carbocycles. The topological polar surface area (TPSA) is 125 Å². The van der Waals surface area contributed by atoms with Crippen molar-refractivity contribution in [3.8, 4) is 0 Å². The van der Waals surface area contributed by atoms with E-state index in [0.717, 1.165) is 42.9 Å². The quantitative estimate of drug-likeness (QED) is 0.164. The molecule has 9 nitrogen and oxygen atoms in total. The molecule has 3 saturated heterocycles. The van der Waals surface area contributed by atoms with Crippen LogP contribution in [0, 0.1) is 30.1 Å². The molecule has 3 aliphatic heterocycles. The van der Waals surface area contributed by atoms with Crippen molar-refractivity contribution in [2.24, 2.45) is 16.2 Å². The normalized spacial score (nSPS) is 18.5. The number of ether oxygens (including phenoxy) is 3. The van der Waals surface area contributed by atoms with Crippen LogP contribution in [0.2, 0.25) is 0 Å². The van der Waals surface area contributed by atoms with Gasteiger partial charge in [-0.2, -0.15) is 8.42 Å². The summed E-state index contributed by atoms with van der Waals surface area (Å²) in [5.41, 5.74) is 2.41. The molecule has 0 aromatic heterocycles. The Labute approximate surface area is 298 Å². The SMILES string of the molecule is CC1(CBr)COC1.CC1(CO)COC1.Cc1ccc(S(=O)(=O)Cl)cc1.Cc1ccc(S(=O)(=O)OCC2(C)COC2)cc1.[Br-].[Li+]. The summed E-state index contributed by atoms with van der Waals surface area (Å²) in [7, 11) is -2.11. The molecule has 0 spiro atoms. The fourth-order valence-corrected chi connectivity index (χ4v) is 5.44. The Morgan fingerprint density at radius 1 is 0.750 bits per heavy atom. The van der Waals surface area contributed by atoms with Gasteiger partial charge in [-0.1, -0.05) is 72.1 Å². The van der Waals surface area contributed by atoms with Crippen LogP contribution in [0.15, 0.2) is 58.3 Å². The van der Waals surface area contributed by atoms with E-state index in [4.69, 9.17) is 34.2 Å². The molecular formula is C29H42Br2ClLiO9S2. The maximum absolute atomic E-state index is 11.9. The molecule has 1 N–H and O–H groups in total. The van der Waals surface area contributed by atoms with Gasteiger partial charge in [-0.25, -0.2) is 8.42 Å². The summed E-state index contributed by atoms with van der Waals surface area (Å²) in [6.07, 6.45) is 0. The van der Waals surface area contributed by atoms with Gasteiger partial charge < -0.3 is 36.3 Å². The third-order valence-corrected chi connectivity index (χ3v) is 10.6. The number of aryl methyl sites for hydroxylation is 2. The van der Waals surface area contributed by atoms with E-state index in [2.05, 4.69) is 22.9 Å². The summed E-state index contributed by atoms with van der Waals surface area (Å²) >= 11 is 3.40. The molecule has 0 radical (unpaired) electrons. The second-order valence-corrected chi connectivity index (χ2v) is 16.7. The zero-order valence-corrected chi connectivity index (χ0v) is 31.7. The molecular weight excluding hydrogens is 759 g/mol. The minimum atomic E-state index is -3.64. The summed E-state index contributed by atoms with van der Waals surface area (Å²) < 4.78 is 65.1. The fraction of sp³-hybridized carbons (Fsp3) is 0.586. The number of halogens is 3. The smallest absolute Gasteiger partial charge is 1.00 e. The fourth-order valence-electron chi connectivity index (χ4n) is 3.30. The molecule has 3 heterocycles. The molecule has 0 bridgehead atoms. The molecule has 15 heteroatoms. The summed E-state index contributed by atoms with van der Waals surface area (Å²) in [5, 5.41) is 9.63. The van der Waals surface area contributed by atoms with E-state index in [1.807, 2.05) is 27.7 Å². The number of benzene rings is 2. The predicted octanol–water partition coefficient (Wildman–Crippen LogP) is -0.900. The van der Waals surface area contributed by atoms with Crippen LogP contribution in [0.25, 0.3) is 0 Å². The van der Waals surface area contributed by atoms with Crippen LogP contribution >= 0.6 is 26.6 Å². The van der Waals surface area contributed by atoms with Crippen molar-refractivity contribution < 1.29 is 76.2 Å². The third kappa shape index (κ3) is 14.8. The van der Waals surface area contributed by atoms with Crippen molar-refractivity contribution in [1.29, 1.82) is 0 Å². The maximum Gasteiger partial charge on any atom is 1.00 e. The van der Waals surface area contributed by atoms with Crippen molar-refractivity contribution in [2.45, 2.75) is 44.4 Å². The number of hydrogen-bond acceptors (Lipinski definition) is 9. The molecule has 0 amide bonds. The standard InChI is InChI=1S/C12H16O4S.C7H7ClO2S.C5H9BrO.C5H10O2.BrH.Li/c1-10-3-5-11(6-4-10)17(13,14)16-9-12(2)7-15-8-12;1-6-2-4-7(5-3-6)11(8,9)10;2*1-5(2-6)3-7-4-5;;/h3-6H,7-9H2,1-2H3;2-5H,1H3;2-4H2,1H3;6H,2-4H2,1H3;1H;/q;;;;;+1/p-1. The zero-order valence-electron chi connectivity index (χ0n) is 26.1. The maximum atomic E-state index is 11.9. The van der Waals surface area contributed by atoms with Crippen LogP contribution in [-0.2, 0) is 37.6 Å². The van der Waals surface area contributed by atoms with Gasteiger partial charge in [-0.05, 0) is 38.1 Å². The van der Waals surface area contributed by atoms with Crippen LogP contribution in [0.4, 0.5) is 0 Å². The third-order valence-electron chi connectivity index (χ3n) is 6.58. The first-order valence-corrected chi connectivity index (χ1v) is 18.2.